The molecule has 0 aliphatic carbocycles. The van der Waals surface area contributed by atoms with E-state index in [9.17, 15) is 4.79 Å². The van der Waals surface area contributed by atoms with E-state index in [0.717, 1.165) is 0 Å². The number of oxime groups is 1. The van der Waals surface area contributed by atoms with Crippen LogP contribution < -0.4 is 5.73 Å². The first-order valence-electron chi connectivity index (χ1n) is 5.25. The van der Waals surface area contributed by atoms with Gasteiger partial charge in [0.2, 0.25) is 5.91 Å². The largest absolute Gasteiger partial charge is 0.409 e. The van der Waals surface area contributed by atoms with Crippen molar-refractivity contribution in [3.63, 3.8) is 0 Å². The van der Waals surface area contributed by atoms with Gasteiger partial charge < -0.3 is 15.8 Å². The zero-order valence-electron chi connectivity index (χ0n) is 9.73. The summed E-state index contributed by atoms with van der Waals surface area (Å²) in [6.45, 7) is 7.17. The summed E-state index contributed by atoms with van der Waals surface area (Å²) < 4.78 is 0. The molecule has 88 valence electrons. The first-order chi connectivity index (χ1) is 7.01. The van der Waals surface area contributed by atoms with Gasteiger partial charge in [-0.2, -0.15) is 0 Å². The van der Waals surface area contributed by atoms with Gasteiger partial charge in [0.15, 0.2) is 0 Å². The van der Waals surface area contributed by atoms with E-state index < -0.39 is 0 Å². The van der Waals surface area contributed by atoms with Gasteiger partial charge in [0.25, 0.3) is 0 Å². The fraction of sp³-hybridized carbons (Fsp3) is 0.800. The summed E-state index contributed by atoms with van der Waals surface area (Å²) in [6.07, 6.45) is 0.901. The van der Waals surface area contributed by atoms with E-state index in [4.69, 9.17) is 10.9 Å². The number of rotatable bonds is 6. The summed E-state index contributed by atoms with van der Waals surface area (Å²) in [5.74, 6) is 0.690. The van der Waals surface area contributed by atoms with Gasteiger partial charge >= 0.3 is 0 Å². The van der Waals surface area contributed by atoms with Gasteiger partial charge in [-0.3, -0.25) is 4.79 Å². The Morgan fingerprint density at radius 1 is 1.53 bits per heavy atom. The minimum Gasteiger partial charge on any atom is -0.409 e. The SMILES string of the molecule is CCC(=O)N(CCC(N)=NO)CC(C)C. The van der Waals surface area contributed by atoms with E-state index >= 15 is 0 Å². The second-order valence-corrected chi connectivity index (χ2v) is 3.93. The standard InChI is InChI=1S/C10H21N3O2/c1-4-10(14)13(7-8(2)3)6-5-9(11)12-15/h8,15H,4-7H2,1-3H3,(H2,11,12). The Morgan fingerprint density at radius 2 is 2.13 bits per heavy atom. The van der Waals surface area contributed by atoms with Gasteiger partial charge in [-0.15, -0.1) is 0 Å². The van der Waals surface area contributed by atoms with Crippen LogP contribution in [0.3, 0.4) is 0 Å². The summed E-state index contributed by atoms with van der Waals surface area (Å²) >= 11 is 0. The average Bonchev–Trinajstić information content (AvgIpc) is 2.21. The Kier molecular flexibility index (Phi) is 6.49. The van der Waals surface area contributed by atoms with Crippen molar-refractivity contribution in [2.75, 3.05) is 13.1 Å². The Bertz CT molecular complexity index is 227. The number of hydrogen-bond acceptors (Lipinski definition) is 3. The smallest absolute Gasteiger partial charge is 0.222 e. The molecule has 0 aromatic rings. The second-order valence-electron chi connectivity index (χ2n) is 3.93. The summed E-state index contributed by atoms with van der Waals surface area (Å²) in [4.78, 5) is 13.3. The van der Waals surface area contributed by atoms with E-state index in [1.54, 1.807) is 4.90 Å². The van der Waals surface area contributed by atoms with Crippen LogP contribution in [0, 0.1) is 5.92 Å². The van der Waals surface area contributed by atoms with Gasteiger partial charge in [-0.25, -0.2) is 0 Å². The third kappa shape index (κ3) is 5.93. The van der Waals surface area contributed by atoms with E-state index in [1.807, 2.05) is 6.92 Å². The third-order valence-electron chi connectivity index (χ3n) is 2.01. The Morgan fingerprint density at radius 3 is 2.53 bits per heavy atom. The topological polar surface area (TPSA) is 78.9 Å². The highest BCUT2D eigenvalue weighted by molar-refractivity contribution is 5.81. The molecule has 15 heavy (non-hydrogen) atoms. The van der Waals surface area contributed by atoms with Gasteiger partial charge in [-0.05, 0) is 5.92 Å². The maximum absolute atomic E-state index is 11.5. The predicted octanol–water partition coefficient (Wildman–Crippen LogP) is 1.02. The lowest BCUT2D eigenvalue weighted by Gasteiger charge is -2.23. The molecule has 3 N–H and O–H groups in total. The van der Waals surface area contributed by atoms with Crippen molar-refractivity contribution in [1.29, 1.82) is 0 Å². The molecule has 0 aliphatic heterocycles. The van der Waals surface area contributed by atoms with Crippen LogP contribution in [0.25, 0.3) is 0 Å². The number of amides is 1. The first kappa shape index (κ1) is 13.7. The lowest BCUT2D eigenvalue weighted by atomic mass is 10.2. The van der Waals surface area contributed by atoms with Gasteiger partial charge in [0, 0.05) is 25.9 Å². The molecule has 0 rings (SSSR count). The molecular formula is C10H21N3O2. The lowest BCUT2D eigenvalue weighted by Crippen LogP contribution is -2.36. The van der Waals surface area contributed by atoms with Gasteiger partial charge in [0.05, 0.1) is 0 Å². The average molecular weight is 215 g/mol. The molecule has 0 heterocycles. The number of nitrogens with two attached hydrogens (primary N) is 1. The second kappa shape index (κ2) is 7.09. The van der Waals surface area contributed by atoms with Crippen LogP contribution in [-0.2, 0) is 4.79 Å². The fourth-order valence-electron chi connectivity index (χ4n) is 1.28. The van der Waals surface area contributed by atoms with Crippen LogP contribution in [0.5, 0.6) is 0 Å². The van der Waals surface area contributed by atoms with Crippen LogP contribution >= 0.6 is 0 Å². The van der Waals surface area contributed by atoms with Crippen LogP contribution in [0.2, 0.25) is 0 Å². The van der Waals surface area contributed by atoms with Crippen LogP contribution in [0.15, 0.2) is 5.16 Å². The van der Waals surface area contributed by atoms with Crippen molar-refractivity contribution in [1.82, 2.24) is 4.90 Å². The highest BCUT2D eigenvalue weighted by Gasteiger charge is 2.13. The predicted molar refractivity (Wildman–Crippen MR) is 59.7 cm³/mol. The zero-order valence-corrected chi connectivity index (χ0v) is 9.73. The molecule has 0 spiro atoms. The maximum Gasteiger partial charge on any atom is 0.222 e. The highest BCUT2D eigenvalue weighted by atomic mass is 16.4. The van der Waals surface area contributed by atoms with E-state index in [2.05, 4.69) is 19.0 Å². The van der Waals surface area contributed by atoms with Gasteiger partial charge in [-0.1, -0.05) is 25.9 Å². The zero-order chi connectivity index (χ0) is 11.8. The monoisotopic (exact) mass is 215 g/mol. The Balaban J connectivity index is 4.19. The molecule has 0 saturated carbocycles. The van der Waals surface area contributed by atoms with Crippen molar-refractivity contribution >= 4 is 11.7 Å². The molecular weight excluding hydrogens is 194 g/mol. The van der Waals surface area contributed by atoms with Crippen molar-refractivity contribution < 1.29 is 10.0 Å². The summed E-state index contributed by atoms with van der Waals surface area (Å²) in [7, 11) is 0. The molecule has 0 unspecified atom stereocenters. The van der Waals surface area contributed by atoms with Crippen molar-refractivity contribution in [3.05, 3.63) is 0 Å². The number of nitrogens with zero attached hydrogens (tertiary/aromatic N) is 2. The summed E-state index contributed by atoms with van der Waals surface area (Å²) in [5.41, 5.74) is 5.36. The molecule has 0 aromatic carbocycles. The number of carbonyl (C=O) groups excluding carboxylic acids is 1. The third-order valence-corrected chi connectivity index (χ3v) is 2.01. The molecule has 0 aromatic heterocycles. The normalized spacial score (nSPS) is 11.9. The quantitative estimate of drug-likeness (QED) is 0.300. The van der Waals surface area contributed by atoms with Crippen molar-refractivity contribution in [3.8, 4) is 0 Å². The molecule has 0 radical (unpaired) electrons. The molecule has 0 saturated heterocycles. The number of carbonyl (C=O) groups is 1. The Labute approximate surface area is 90.9 Å². The minimum absolute atomic E-state index is 0.106. The first-order valence-corrected chi connectivity index (χ1v) is 5.25. The molecule has 0 aliphatic rings. The van der Waals surface area contributed by atoms with Crippen molar-refractivity contribution in [2.45, 2.75) is 33.6 Å². The van der Waals surface area contributed by atoms with E-state index in [0.29, 0.717) is 31.8 Å². The molecule has 1 amide bonds. The number of hydrogen-bond donors (Lipinski definition) is 2. The lowest BCUT2D eigenvalue weighted by molar-refractivity contribution is -0.131. The summed E-state index contributed by atoms with van der Waals surface area (Å²) in [5, 5.41) is 11.3. The number of amidine groups is 1. The molecule has 5 heteroatoms. The van der Waals surface area contributed by atoms with Gasteiger partial charge in [0.1, 0.15) is 5.84 Å². The molecule has 5 nitrogen and oxygen atoms in total. The Hall–Kier alpha value is -1.26. The van der Waals surface area contributed by atoms with Crippen LogP contribution in [0.1, 0.15) is 33.6 Å². The van der Waals surface area contributed by atoms with Crippen LogP contribution in [0.4, 0.5) is 0 Å². The van der Waals surface area contributed by atoms with Crippen LogP contribution in [-0.4, -0.2) is 34.9 Å². The maximum atomic E-state index is 11.5. The fourth-order valence-corrected chi connectivity index (χ4v) is 1.28. The summed E-state index contributed by atoms with van der Waals surface area (Å²) in [6, 6.07) is 0. The van der Waals surface area contributed by atoms with E-state index in [-0.39, 0.29) is 11.7 Å². The molecule has 0 bridgehead atoms. The highest BCUT2D eigenvalue weighted by Crippen LogP contribution is 2.02. The van der Waals surface area contributed by atoms with E-state index in [1.165, 1.54) is 0 Å². The van der Waals surface area contributed by atoms with Crippen molar-refractivity contribution in [2.24, 2.45) is 16.8 Å². The molecule has 0 atom stereocenters. The molecule has 0 fully saturated rings. The minimum atomic E-state index is 0.106.